The molecule has 0 aromatic rings. The summed E-state index contributed by atoms with van der Waals surface area (Å²) >= 11 is 0. The molecule has 4 heteroatoms. The van der Waals surface area contributed by atoms with Crippen LogP contribution in [0.1, 0.15) is 6.92 Å². The van der Waals surface area contributed by atoms with Crippen LogP contribution >= 0.6 is 0 Å². The van der Waals surface area contributed by atoms with Gasteiger partial charge in [0, 0.05) is 0 Å². The molecule has 0 bridgehead atoms. The van der Waals surface area contributed by atoms with Crippen LogP contribution in [0.5, 0.6) is 0 Å². The Morgan fingerprint density at radius 3 is 2.29 bits per heavy atom. The third kappa shape index (κ3) is 11.1. The predicted molar refractivity (Wildman–Crippen MR) is 26.4 cm³/mol. The molecule has 0 aromatic heterocycles. The fourth-order valence-electron chi connectivity index (χ4n) is 0.0909. The van der Waals surface area contributed by atoms with Crippen LogP contribution in [-0.4, -0.2) is 69.0 Å². The van der Waals surface area contributed by atoms with Crippen molar-refractivity contribution in [1.82, 2.24) is 0 Å². The van der Waals surface area contributed by atoms with Crippen LogP contribution in [0.25, 0.3) is 0 Å². The Morgan fingerprint density at radius 1 is 1.86 bits per heavy atom. The van der Waals surface area contributed by atoms with E-state index in [0.29, 0.717) is 0 Å². The van der Waals surface area contributed by atoms with Gasteiger partial charge in [-0.1, -0.05) is 0 Å². The molecular formula is C3H7KO3. The molecule has 1 N–H and O–H groups in total. The van der Waals surface area contributed by atoms with Crippen molar-refractivity contribution >= 4 is 57.2 Å². The zero-order valence-corrected chi connectivity index (χ0v) is 3.47. The fourth-order valence-corrected chi connectivity index (χ4v) is 0.0909. The maximum atomic E-state index is 9.76. The zero-order valence-electron chi connectivity index (χ0n) is 3.47. The Bertz CT molecular complexity index is 54.1. The van der Waals surface area contributed by atoms with Crippen LogP contribution in [0.15, 0.2) is 0 Å². The topological polar surface area (TPSA) is 46.5 Å². The van der Waals surface area contributed by atoms with Gasteiger partial charge >= 0.3 is 51.4 Å². The molecule has 0 aliphatic rings. The number of Topliss-reactive ketones (excluding diaryl/α,β-unsaturated/α-hetero) is 1. The van der Waals surface area contributed by atoms with E-state index in [2.05, 4.69) is 4.89 Å². The van der Waals surface area contributed by atoms with Crippen molar-refractivity contribution in [3.8, 4) is 0 Å². The van der Waals surface area contributed by atoms with Crippen LogP contribution in [0.2, 0.25) is 0 Å². The van der Waals surface area contributed by atoms with Crippen molar-refractivity contribution in [2.75, 3.05) is 6.61 Å². The zero-order chi connectivity index (χ0) is 4.99. The van der Waals surface area contributed by atoms with Gasteiger partial charge in [0.15, 0.2) is 5.78 Å². The Labute approximate surface area is 84.4 Å². The van der Waals surface area contributed by atoms with E-state index in [1.54, 1.807) is 0 Å². The van der Waals surface area contributed by atoms with Gasteiger partial charge in [-0.25, -0.2) is 4.89 Å². The minimum atomic E-state index is -0.208. The average Bonchev–Trinajstić information content (AvgIpc) is 1.35. The molecule has 0 fully saturated rings. The van der Waals surface area contributed by atoms with Gasteiger partial charge in [-0.2, -0.15) is 0 Å². The number of hydrogen-bond donors (Lipinski definition) is 1. The number of carbonyl (C=O) groups excluding carboxylic acids is 1. The van der Waals surface area contributed by atoms with Crippen molar-refractivity contribution < 1.29 is 14.9 Å². The van der Waals surface area contributed by atoms with E-state index in [1.807, 2.05) is 0 Å². The van der Waals surface area contributed by atoms with Crippen LogP contribution in [0.4, 0.5) is 0 Å². The first kappa shape index (κ1) is 11.1. The number of ketones is 1. The molecule has 38 valence electrons. The van der Waals surface area contributed by atoms with Gasteiger partial charge in [0.1, 0.15) is 6.61 Å². The van der Waals surface area contributed by atoms with E-state index in [0.717, 1.165) is 0 Å². The van der Waals surface area contributed by atoms with Crippen molar-refractivity contribution in [3.05, 3.63) is 0 Å². The first-order valence-corrected chi connectivity index (χ1v) is 1.53. The van der Waals surface area contributed by atoms with Crippen molar-refractivity contribution in [3.63, 3.8) is 0 Å². The van der Waals surface area contributed by atoms with E-state index >= 15 is 0 Å². The summed E-state index contributed by atoms with van der Waals surface area (Å²) in [5, 5.41) is 7.52. The molecule has 0 saturated carbocycles. The Kier molecular flexibility index (Phi) is 11.4. The summed E-state index contributed by atoms with van der Waals surface area (Å²) in [5.41, 5.74) is 0. The van der Waals surface area contributed by atoms with Gasteiger partial charge in [0.2, 0.25) is 0 Å². The molecule has 0 aliphatic heterocycles. The Hall–Kier alpha value is 1.23. The van der Waals surface area contributed by atoms with E-state index < -0.39 is 0 Å². The molecule has 3 nitrogen and oxygen atoms in total. The van der Waals surface area contributed by atoms with Crippen LogP contribution in [0, 0.1) is 0 Å². The molecular weight excluding hydrogens is 123 g/mol. The summed E-state index contributed by atoms with van der Waals surface area (Å²) in [6.07, 6.45) is 0. The Morgan fingerprint density at radius 2 is 2.29 bits per heavy atom. The van der Waals surface area contributed by atoms with Gasteiger partial charge in [-0.3, -0.25) is 10.1 Å². The summed E-state index contributed by atoms with van der Waals surface area (Å²) in [5.74, 6) is -0.183. The summed E-state index contributed by atoms with van der Waals surface area (Å²) in [4.78, 5) is 13.2. The Balaban J connectivity index is 0. The molecule has 7 heavy (non-hydrogen) atoms. The predicted octanol–water partition coefficient (Wildman–Crippen LogP) is -0.584. The summed E-state index contributed by atoms with van der Waals surface area (Å²) < 4.78 is 0. The molecule has 0 amide bonds. The number of hydrogen-bond acceptors (Lipinski definition) is 3. The summed E-state index contributed by atoms with van der Waals surface area (Å²) in [6, 6.07) is 0. The summed E-state index contributed by atoms with van der Waals surface area (Å²) in [6.45, 7) is 1.12. The van der Waals surface area contributed by atoms with Crippen LogP contribution < -0.4 is 0 Å². The fraction of sp³-hybridized carbons (Fsp3) is 0.667. The van der Waals surface area contributed by atoms with Crippen LogP contribution in [0.3, 0.4) is 0 Å². The van der Waals surface area contributed by atoms with E-state index in [1.165, 1.54) is 6.92 Å². The molecule has 0 atom stereocenters. The molecule has 0 unspecified atom stereocenters. The normalized spacial score (nSPS) is 7.14. The minimum absolute atomic E-state index is 0. The average molecular weight is 130 g/mol. The van der Waals surface area contributed by atoms with Gasteiger partial charge in [-0.15, -0.1) is 0 Å². The van der Waals surface area contributed by atoms with Crippen molar-refractivity contribution in [2.45, 2.75) is 6.92 Å². The van der Waals surface area contributed by atoms with Gasteiger partial charge in [0.25, 0.3) is 0 Å². The molecule has 0 heterocycles. The van der Waals surface area contributed by atoms with Gasteiger partial charge in [0.05, 0.1) is 0 Å². The SMILES string of the molecule is CC(=O)COO.[KH]. The van der Waals surface area contributed by atoms with Gasteiger partial charge in [-0.05, 0) is 6.92 Å². The third-order valence-corrected chi connectivity index (χ3v) is 0.268. The third-order valence-electron chi connectivity index (χ3n) is 0.268. The molecule has 0 rings (SSSR count). The molecule has 0 aliphatic carbocycles. The van der Waals surface area contributed by atoms with E-state index in [-0.39, 0.29) is 63.8 Å². The molecule has 0 saturated heterocycles. The van der Waals surface area contributed by atoms with Crippen molar-refractivity contribution in [1.29, 1.82) is 0 Å². The second kappa shape index (κ2) is 7.23. The number of carbonyl (C=O) groups is 1. The second-order valence-corrected chi connectivity index (χ2v) is 0.975. The summed E-state index contributed by atoms with van der Waals surface area (Å²) in [7, 11) is 0. The first-order chi connectivity index (χ1) is 2.77. The molecule has 0 aromatic carbocycles. The monoisotopic (exact) mass is 130 g/mol. The second-order valence-electron chi connectivity index (χ2n) is 0.975. The van der Waals surface area contributed by atoms with E-state index in [9.17, 15) is 4.79 Å². The molecule has 0 radical (unpaired) electrons. The van der Waals surface area contributed by atoms with Crippen molar-refractivity contribution in [2.24, 2.45) is 0 Å². The molecule has 0 spiro atoms. The van der Waals surface area contributed by atoms with E-state index in [4.69, 9.17) is 5.26 Å². The maximum absolute atomic E-state index is 9.76. The quantitative estimate of drug-likeness (QED) is 0.309. The number of rotatable bonds is 2. The standard InChI is InChI=1S/C3H6O3.K.H/c1-3(4)2-6-5;;/h5H,2H2,1H3;;. The van der Waals surface area contributed by atoms with Crippen LogP contribution in [-0.2, 0) is 9.68 Å². The van der Waals surface area contributed by atoms with Gasteiger partial charge < -0.3 is 0 Å². The first-order valence-electron chi connectivity index (χ1n) is 1.53.